The van der Waals surface area contributed by atoms with Gasteiger partial charge in [-0.3, -0.25) is 0 Å². The third kappa shape index (κ3) is 4.85. The summed E-state index contributed by atoms with van der Waals surface area (Å²) in [6.45, 7) is 2.70. The molecule has 0 amide bonds. The third-order valence-corrected chi connectivity index (χ3v) is 3.76. The zero-order valence-corrected chi connectivity index (χ0v) is 11.1. The number of aryl methyl sites for hydroxylation is 1. The maximum Gasteiger partial charge on any atom is 0.211 e. The fourth-order valence-corrected chi connectivity index (χ4v) is 2.35. The van der Waals surface area contributed by atoms with E-state index in [0.29, 0.717) is 19.5 Å². The highest BCUT2D eigenvalue weighted by Crippen LogP contribution is 2.10. The lowest BCUT2D eigenvalue weighted by atomic mass is 10.1. The van der Waals surface area contributed by atoms with E-state index in [1.165, 1.54) is 10.6 Å². The summed E-state index contributed by atoms with van der Waals surface area (Å²) in [6, 6.07) is 7.77. The smallest absolute Gasteiger partial charge is 0.211 e. The van der Waals surface area contributed by atoms with Gasteiger partial charge in [0.2, 0.25) is 10.0 Å². The minimum absolute atomic E-state index is 0.0000815. The second kappa shape index (κ2) is 6.14. The van der Waals surface area contributed by atoms with Gasteiger partial charge < -0.3 is 5.11 Å². The number of aliphatic hydroxyl groups is 1. The molecule has 0 bridgehead atoms. The number of nitrogens with zero attached hydrogens (tertiary/aromatic N) is 1. The van der Waals surface area contributed by atoms with Gasteiger partial charge in [0.25, 0.3) is 0 Å². The SMILES string of the molecule is Cc1ccc(CN(CCCO)S(C)(=O)=O)cc1. The van der Waals surface area contributed by atoms with Gasteiger partial charge in [-0.2, -0.15) is 4.31 Å². The minimum atomic E-state index is -3.22. The molecular weight excluding hydrogens is 238 g/mol. The van der Waals surface area contributed by atoms with E-state index >= 15 is 0 Å². The van der Waals surface area contributed by atoms with Crippen LogP contribution < -0.4 is 0 Å². The normalized spacial score (nSPS) is 12.0. The van der Waals surface area contributed by atoms with Crippen LogP contribution in [0.1, 0.15) is 17.5 Å². The molecule has 1 aromatic carbocycles. The highest BCUT2D eigenvalue weighted by molar-refractivity contribution is 7.88. The van der Waals surface area contributed by atoms with Crippen LogP contribution in [-0.2, 0) is 16.6 Å². The van der Waals surface area contributed by atoms with Crippen LogP contribution in [0.4, 0.5) is 0 Å². The Kier molecular flexibility index (Phi) is 5.11. The fourth-order valence-electron chi connectivity index (χ4n) is 1.51. The minimum Gasteiger partial charge on any atom is -0.396 e. The van der Waals surface area contributed by atoms with E-state index in [1.54, 1.807) is 0 Å². The average Bonchev–Trinajstić information content (AvgIpc) is 2.25. The Hall–Kier alpha value is -0.910. The van der Waals surface area contributed by atoms with Crippen molar-refractivity contribution in [1.82, 2.24) is 4.31 Å². The van der Waals surface area contributed by atoms with Gasteiger partial charge in [-0.05, 0) is 18.9 Å². The maximum absolute atomic E-state index is 11.6. The summed E-state index contributed by atoms with van der Waals surface area (Å²) in [7, 11) is -3.22. The second-order valence-corrected chi connectivity index (χ2v) is 6.14. The van der Waals surface area contributed by atoms with Crippen LogP contribution >= 0.6 is 0 Å². The van der Waals surface area contributed by atoms with Crippen molar-refractivity contribution in [2.75, 3.05) is 19.4 Å². The first-order chi connectivity index (χ1) is 7.93. The van der Waals surface area contributed by atoms with Gasteiger partial charge in [-0.25, -0.2) is 8.42 Å². The van der Waals surface area contributed by atoms with Crippen molar-refractivity contribution in [3.63, 3.8) is 0 Å². The first kappa shape index (κ1) is 14.2. The molecule has 0 heterocycles. The summed E-state index contributed by atoms with van der Waals surface area (Å²) in [6.07, 6.45) is 1.65. The number of hydrogen-bond acceptors (Lipinski definition) is 3. The van der Waals surface area contributed by atoms with Crippen LogP contribution in [0.2, 0.25) is 0 Å². The van der Waals surface area contributed by atoms with Gasteiger partial charge >= 0.3 is 0 Å². The molecule has 0 fully saturated rings. The van der Waals surface area contributed by atoms with Crippen LogP contribution in [0.3, 0.4) is 0 Å². The largest absolute Gasteiger partial charge is 0.396 e. The molecule has 0 saturated heterocycles. The molecule has 4 nitrogen and oxygen atoms in total. The van der Waals surface area contributed by atoms with Crippen molar-refractivity contribution in [3.05, 3.63) is 35.4 Å². The number of aliphatic hydroxyl groups excluding tert-OH is 1. The molecular formula is C12H19NO3S. The quantitative estimate of drug-likeness (QED) is 0.831. The van der Waals surface area contributed by atoms with E-state index in [0.717, 1.165) is 11.1 Å². The predicted octanol–water partition coefficient (Wildman–Crippen LogP) is 1.14. The highest BCUT2D eigenvalue weighted by atomic mass is 32.2. The molecule has 0 saturated carbocycles. The average molecular weight is 257 g/mol. The summed E-state index contributed by atoms with van der Waals surface area (Å²) in [4.78, 5) is 0. The number of sulfonamides is 1. The van der Waals surface area contributed by atoms with E-state index in [4.69, 9.17) is 5.11 Å². The van der Waals surface area contributed by atoms with Crippen molar-refractivity contribution in [3.8, 4) is 0 Å². The Morgan fingerprint density at radius 1 is 1.24 bits per heavy atom. The lowest BCUT2D eigenvalue weighted by molar-refractivity contribution is 0.268. The van der Waals surface area contributed by atoms with Crippen LogP contribution in [0.15, 0.2) is 24.3 Å². The molecule has 1 rings (SSSR count). The van der Waals surface area contributed by atoms with E-state index < -0.39 is 10.0 Å². The summed E-state index contributed by atoms with van der Waals surface area (Å²) in [5.41, 5.74) is 2.11. The first-order valence-corrected chi connectivity index (χ1v) is 7.40. The van der Waals surface area contributed by atoms with E-state index in [2.05, 4.69) is 0 Å². The fraction of sp³-hybridized carbons (Fsp3) is 0.500. The standard InChI is InChI=1S/C12H19NO3S/c1-11-4-6-12(7-5-11)10-13(8-3-9-14)17(2,15)16/h4-7,14H,3,8-10H2,1-2H3. The van der Waals surface area contributed by atoms with Gasteiger partial charge in [0.15, 0.2) is 0 Å². The van der Waals surface area contributed by atoms with Gasteiger partial charge in [0.1, 0.15) is 0 Å². The Morgan fingerprint density at radius 2 is 1.82 bits per heavy atom. The van der Waals surface area contributed by atoms with Crippen molar-refractivity contribution in [2.24, 2.45) is 0 Å². The molecule has 1 aromatic rings. The Balaban J connectivity index is 2.76. The maximum atomic E-state index is 11.6. The molecule has 5 heteroatoms. The number of rotatable bonds is 6. The van der Waals surface area contributed by atoms with Crippen LogP contribution in [-0.4, -0.2) is 37.2 Å². The van der Waals surface area contributed by atoms with Crippen LogP contribution in [0.25, 0.3) is 0 Å². The van der Waals surface area contributed by atoms with Gasteiger partial charge in [0.05, 0.1) is 6.26 Å². The van der Waals surface area contributed by atoms with E-state index in [1.807, 2.05) is 31.2 Å². The van der Waals surface area contributed by atoms with Crippen molar-refractivity contribution >= 4 is 10.0 Å². The van der Waals surface area contributed by atoms with Crippen molar-refractivity contribution in [2.45, 2.75) is 19.9 Å². The Bertz CT molecular complexity index is 439. The molecule has 17 heavy (non-hydrogen) atoms. The molecule has 0 aliphatic heterocycles. The highest BCUT2D eigenvalue weighted by Gasteiger charge is 2.16. The molecule has 0 aliphatic carbocycles. The molecule has 0 unspecified atom stereocenters. The Morgan fingerprint density at radius 3 is 2.29 bits per heavy atom. The topological polar surface area (TPSA) is 57.6 Å². The second-order valence-electron chi connectivity index (χ2n) is 4.16. The molecule has 0 aliphatic rings. The lowest BCUT2D eigenvalue weighted by Crippen LogP contribution is -2.30. The van der Waals surface area contributed by atoms with Gasteiger partial charge in [-0.1, -0.05) is 29.8 Å². The molecule has 96 valence electrons. The molecule has 0 atom stereocenters. The summed E-state index contributed by atoms with van der Waals surface area (Å²) in [5.74, 6) is 0. The monoisotopic (exact) mass is 257 g/mol. The van der Waals surface area contributed by atoms with Crippen LogP contribution in [0.5, 0.6) is 0 Å². The zero-order chi connectivity index (χ0) is 12.9. The molecule has 0 aromatic heterocycles. The number of benzene rings is 1. The zero-order valence-electron chi connectivity index (χ0n) is 10.3. The summed E-state index contributed by atoms with van der Waals surface area (Å²) >= 11 is 0. The van der Waals surface area contributed by atoms with E-state index in [9.17, 15) is 8.42 Å². The Labute approximate surface area is 103 Å². The molecule has 0 radical (unpaired) electrons. The third-order valence-electron chi connectivity index (χ3n) is 2.51. The molecule has 0 spiro atoms. The van der Waals surface area contributed by atoms with Crippen molar-refractivity contribution in [1.29, 1.82) is 0 Å². The van der Waals surface area contributed by atoms with Gasteiger partial charge in [-0.15, -0.1) is 0 Å². The van der Waals surface area contributed by atoms with Crippen LogP contribution in [0, 0.1) is 6.92 Å². The van der Waals surface area contributed by atoms with Gasteiger partial charge in [0, 0.05) is 19.7 Å². The summed E-state index contributed by atoms with van der Waals surface area (Å²) in [5, 5.41) is 8.76. The van der Waals surface area contributed by atoms with E-state index in [-0.39, 0.29) is 6.61 Å². The molecule has 1 N–H and O–H groups in total. The lowest BCUT2D eigenvalue weighted by Gasteiger charge is -2.19. The van der Waals surface area contributed by atoms with Crippen molar-refractivity contribution < 1.29 is 13.5 Å². The number of hydrogen-bond donors (Lipinski definition) is 1. The first-order valence-electron chi connectivity index (χ1n) is 5.55. The summed E-state index contributed by atoms with van der Waals surface area (Å²) < 4.78 is 24.5. The predicted molar refractivity (Wildman–Crippen MR) is 68.1 cm³/mol.